The molecule has 1 heterocycles. The van der Waals surface area contributed by atoms with Crippen molar-refractivity contribution in [3.63, 3.8) is 0 Å². The van der Waals surface area contributed by atoms with Gasteiger partial charge in [-0.25, -0.2) is 14.4 Å². The summed E-state index contributed by atoms with van der Waals surface area (Å²) in [6, 6.07) is 0. The van der Waals surface area contributed by atoms with Crippen LogP contribution in [0.2, 0.25) is 0 Å². The number of rotatable bonds is 4. The summed E-state index contributed by atoms with van der Waals surface area (Å²) in [5.74, 6) is -6.78. The van der Waals surface area contributed by atoms with Crippen LogP contribution in [0.25, 0.3) is 0 Å². The summed E-state index contributed by atoms with van der Waals surface area (Å²) < 4.78 is 12.6. The van der Waals surface area contributed by atoms with E-state index >= 15 is 0 Å². The molecule has 0 saturated carbocycles. The van der Waals surface area contributed by atoms with E-state index in [0.29, 0.717) is 6.92 Å². The van der Waals surface area contributed by atoms with Crippen LogP contribution in [0.4, 0.5) is 4.79 Å². The summed E-state index contributed by atoms with van der Waals surface area (Å²) >= 11 is 0. The van der Waals surface area contributed by atoms with Crippen LogP contribution in [0.1, 0.15) is 13.8 Å². The molecule has 0 spiro atoms. The Kier molecular flexibility index (Phi) is 6.78. The minimum Gasteiger partial charge on any atom is -0.394 e. The van der Waals surface area contributed by atoms with Crippen LogP contribution in [0.5, 0.6) is 0 Å². The molecule has 150 valence electrons. The molecule has 0 aromatic heterocycles. The topological polar surface area (TPSA) is 221 Å². The van der Waals surface area contributed by atoms with Gasteiger partial charge in [0.1, 0.15) is 30.5 Å². The number of carbonyl (C=O) groups excluding carboxylic acids is 3. The molecule has 1 aliphatic rings. The van der Waals surface area contributed by atoms with Crippen LogP contribution in [0, 0.1) is 0 Å². The van der Waals surface area contributed by atoms with Crippen LogP contribution in [0.15, 0.2) is 0 Å². The van der Waals surface area contributed by atoms with Crippen molar-refractivity contribution < 1.29 is 64.3 Å². The van der Waals surface area contributed by atoms with Gasteiger partial charge in [0.25, 0.3) is 0 Å². The van der Waals surface area contributed by atoms with Gasteiger partial charge in [-0.15, -0.1) is 0 Å². The fourth-order valence-electron chi connectivity index (χ4n) is 2.07. The van der Waals surface area contributed by atoms with E-state index in [1.807, 2.05) is 0 Å². The predicted octanol–water partition coefficient (Wildman–Crippen LogP) is -4.51. The molecule has 1 fully saturated rings. The molecular formula is C13H20O13. The lowest BCUT2D eigenvalue weighted by atomic mass is 9.82. The maximum absolute atomic E-state index is 12.0. The summed E-state index contributed by atoms with van der Waals surface area (Å²) in [7, 11) is 0. The zero-order valence-electron chi connectivity index (χ0n) is 13.7. The Balaban J connectivity index is 3.00. The summed E-state index contributed by atoms with van der Waals surface area (Å²) in [4.78, 5) is 34.3. The Bertz CT molecular complexity index is 556. The number of hydrogen-bond donors (Lipinski definition) is 7. The Morgan fingerprint density at radius 2 is 1.73 bits per heavy atom. The molecule has 0 amide bonds. The van der Waals surface area contributed by atoms with Crippen LogP contribution in [-0.2, 0) is 23.8 Å². The maximum atomic E-state index is 12.0. The van der Waals surface area contributed by atoms with Gasteiger partial charge in [0.2, 0.25) is 11.4 Å². The SMILES string of the molecule is CC(O)C(=O)OC(=O)OC(=O)C(C)(O)C1(O)OC(CO)C(O)C(O)C1O. The average Bonchev–Trinajstić information content (AvgIpc) is 2.55. The summed E-state index contributed by atoms with van der Waals surface area (Å²) in [6.07, 6.45) is -11.9. The molecule has 0 aliphatic carbocycles. The Morgan fingerprint density at radius 3 is 2.19 bits per heavy atom. The first-order valence-corrected chi connectivity index (χ1v) is 7.23. The van der Waals surface area contributed by atoms with Crippen molar-refractivity contribution >= 4 is 18.1 Å². The molecule has 1 aliphatic heterocycles. The van der Waals surface area contributed by atoms with Crippen molar-refractivity contribution in [2.45, 2.75) is 55.8 Å². The molecule has 0 bridgehead atoms. The number of esters is 2. The quantitative estimate of drug-likeness (QED) is 0.179. The van der Waals surface area contributed by atoms with Gasteiger partial charge in [0.15, 0.2) is 0 Å². The summed E-state index contributed by atoms with van der Waals surface area (Å²) in [5.41, 5.74) is -3.24. The minimum atomic E-state index is -3.33. The maximum Gasteiger partial charge on any atom is 0.524 e. The highest BCUT2D eigenvalue weighted by atomic mass is 16.8. The van der Waals surface area contributed by atoms with Crippen molar-refractivity contribution in [3.8, 4) is 0 Å². The summed E-state index contributed by atoms with van der Waals surface area (Å²) in [5, 5.41) is 67.7. The van der Waals surface area contributed by atoms with E-state index in [4.69, 9.17) is 14.9 Å². The van der Waals surface area contributed by atoms with E-state index in [1.54, 1.807) is 0 Å². The smallest absolute Gasteiger partial charge is 0.394 e. The van der Waals surface area contributed by atoms with Gasteiger partial charge in [0.05, 0.1) is 6.61 Å². The molecule has 7 unspecified atom stereocenters. The third-order valence-corrected chi connectivity index (χ3v) is 3.76. The Hall–Kier alpha value is -1.71. The number of aliphatic hydroxyl groups is 7. The average molecular weight is 384 g/mol. The highest BCUT2D eigenvalue weighted by molar-refractivity contribution is 5.93. The molecule has 13 heteroatoms. The van der Waals surface area contributed by atoms with Crippen LogP contribution >= 0.6 is 0 Å². The molecule has 1 saturated heterocycles. The largest absolute Gasteiger partial charge is 0.524 e. The van der Waals surface area contributed by atoms with Gasteiger partial charge < -0.3 is 50.0 Å². The lowest BCUT2D eigenvalue weighted by molar-refractivity contribution is -0.391. The molecule has 13 nitrogen and oxygen atoms in total. The normalized spacial score (nSPS) is 35.1. The predicted molar refractivity (Wildman–Crippen MR) is 74.8 cm³/mol. The fraction of sp³-hybridized carbons (Fsp3) is 0.769. The fourth-order valence-corrected chi connectivity index (χ4v) is 2.07. The Labute approximate surface area is 145 Å². The number of ether oxygens (including phenoxy) is 3. The van der Waals surface area contributed by atoms with Crippen molar-refractivity contribution in [2.24, 2.45) is 0 Å². The number of hydrogen-bond acceptors (Lipinski definition) is 13. The zero-order chi connectivity index (χ0) is 20.4. The van der Waals surface area contributed by atoms with E-state index in [1.165, 1.54) is 0 Å². The number of aliphatic hydroxyl groups excluding tert-OH is 5. The standard InChI is InChI=1S/C13H20O13/c1-4(15)9(19)24-11(21)25-10(20)12(2,22)13(23)8(18)7(17)6(16)5(3-14)26-13/h4-8,14-18,22-23H,3H2,1-2H3. The van der Waals surface area contributed by atoms with Crippen molar-refractivity contribution in [2.75, 3.05) is 6.61 Å². The highest BCUT2D eigenvalue weighted by Gasteiger charge is 2.65. The second kappa shape index (κ2) is 7.89. The first-order chi connectivity index (χ1) is 11.8. The van der Waals surface area contributed by atoms with Crippen LogP contribution < -0.4 is 0 Å². The van der Waals surface area contributed by atoms with Gasteiger partial charge in [0, 0.05) is 0 Å². The van der Waals surface area contributed by atoms with Crippen LogP contribution in [0.3, 0.4) is 0 Å². The van der Waals surface area contributed by atoms with E-state index in [2.05, 4.69) is 9.47 Å². The summed E-state index contributed by atoms with van der Waals surface area (Å²) in [6.45, 7) is 0.495. The third-order valence-electron chi connectivity index (χ3n) is 3.76. The molecule has 0 radical (unpaired) electrons. The second-order valence-corrected chi connectivity index (χ2v) is 5.77. The zero-order valence-corrected chi connectivity index (χ0v) is 13.7. The van der Waals surface area contributed by atoms with Crippen molar-refractivity contribution in [1.29, 1.82) is 0 Å². The molecule has 26 heavy (non-hydrogen) atoms. The van der Waals surface area contributed by atoms with Gasteiger partial charge in [-0.05, 0) is 13.8 Å². The van der Waals surface area contributed by atoms with Gasteiger partial charge >= 0.3 is 18.1 Å². The molecule has 0 aromatic carbocycles. The lowest BCUT2D eigenvalue weighted by Crippen LogP contribution is -2.74. The first kappa shape index (κ1) is 22.3. The molecular weight excluding hydrogens is 364 g/mol. The van der Waals surface area contributed by atoms with E-state index in [9.17, 15) is 39.9 Å². The number of carbonyl (C=O) groups is 3. The van der Waals surface area contributed by atoms with Crippen molar-refractivity contribution in [1.82, 2.24) is 0 Å². The minimum absolute atomic E-state index is 0.529. The Morgan fingerprint density at radius 1 is 1.19 bits per heavy atom. The highest BCUT2D eigenvalue weighted by Crippen LogP contribution is 2.37. The van der Waals surface area contributed by atoms with E-state index in [0.717, 1.165) is 6.92 Å². The monoisotopic (exact) mass is 384 g/mol. The van der Waals surface area contributed by atoms with Gasteiger partial charge in [-0.1, -0.05) is 0 Å². The molecule has 1 rings (SSSR count). The van der Waals surface area contributed by atoms with Gasteiger partial charge in [-0.2, -0.15) is 0 Å². The van der Waals surface area contributed by atoms with Crippen molar-refractivity contribution in [3.05, 3.63) is 0 Å². The van der Waals surface area contributed by atoms with Crippen LogP contribution in [-0.4, -0.2) is 102 Å². The lowest BCUT2D eigenvalue weighted by Gasteiger charge is -2.49. The third kappa shape index (κ3) is 3.99. The molecule has 7 atom stereocenters. The second-order valence-electron chi connectivity index (χ2n) is 5.77. The first-order valence-electron chi connectivity index (χ1n) is 7.23. The molecule has 7 N–H and O–H groups in total. The van der Waals surface area contributed by atoms with E-state index in [-0.39, 0.29) is 0 Å². The van der Waals surface area contributed by atoms with Gasteiger partial charge in [-0.3, -0.25) is 0 Å². The van der Waals surface area contributed by atoms with E-state index < -0.39 is 66.6 Å². The molecule has 0 aromatic rings.